The molecule has 0 aliphatic rings. The van der Waals surface area contributed by atoms with E-state index < -0.39 is 6.10 Å². The summed E-state index contributed by atoms with van der Waals surface area (Å²) in [5, 5.41) is 0. The van der Waals surface area contributed by atoms with Crippen LogP contribution in [0, 0.1) is 0 Å². The number of allylic oxidation sites excluding steroid dienone is 20. The fourth-order valence-electron chi connectivity index (χ4n) is 7.58. The summed E-state index contributed by atoms with van der Waals surface area (Å²) in [4.78, 5) is 38.2. The lowest BCUT2D eigenvalue weighted by molar-refractivity contribution is -0.167. The highest BCUT2D eigenvalue weighted by atomic mass is 16.6. The van der Waals surface area contributed by atoms with Gasteiger partial charge in [-0.3, -0.25) is 14.4 Å². The Hall–Kier alpha value is -4.19. The first-order chi connectivity index (χ1) is 34.5. The van der Waals surface area contributed by atoms with Gasteiger partial charge in [0.1, 0.15) is 13.2 Å². The van der Waals surface area contributed by atoms with Crippen molar-refractivity contribution < 1.29 is 28.6 Å². The van der Waals surface area contributed by atoms with E-state index >= 15 is 0 Å². The maximum Gasteiger partial charge on any atom is 0.306 e. The first-order valence-corrected chi connectivity index (χ1v) is 28.7. The Morgan fingerprint density at radius 2 is 0.586 bits per heavy atom. The number of unbranched alkanes of at least 4 members (excludes halogenated alkanes) is 26. The largest absolute Gasteiger partial charge is 0.462 e. The van der Waals surface area contributed by atoms with Crippen LogP contribution >= 0.6 is 0 Å². The third-order valence-electron chi connectivity index (χ3n) is 11.9. The molecule has 0 aliphatic heterocycles. The third-order valence-corrected chi connectivity index (χ3v) is 11.9. The summed E-state index contributed by atoms with van der Waals surface area (Å²) in [5.74, 6) is -0.939. The molecule has 0 heterocycles. The lowest BCUT2D eigenvalue weighted by Crippen LogP contribution is -2.30. The van der Waals surface area contributed by atoms with Gasteiger partial charge in [0.25, 0.3) is 0 Å². The van der Waals surface area contributed by atoms with Crippen molar-refractivity contribution in [2.24, 2.45) is 0 Å². The molecule has 0 saturated heterocycles. The number of hydrogen-bond acceptors (Lipinski definition) is 6. The minimum Gasteiger partial charge on any atom is -0.462 e. The smallest absolute Gasteiger partial charge is 0.306 e. The number of carbonyl (C=O) groups is 3. The van der Waals surface area contributed by atoms with Gasteiger partial charge in [-0.25, -0.2) is 0 Å². The van der Waals surface area contributed by atoms with Crippen molar-refractivity contribution in [2.45, 2.75) is 252 Å². The van der Waals surface area contributed by atoms with E-state index in [-0.39, 0.29) is 31.1 Å². The van der Waals surface area contributed by atoms with Gasteiger partial charge in [-0.2, -0.15) is 0 Å². The fraction of sp³-hybridized carbons (Fsp3) is 0.641. The molecule has 0 amide bonds. The van der Waals surface area contributed by atoms with Crippen molar-refractivity contribution in [3.63, 3.8) is 0 Å². The van der Waals surface area contributed by atoms with Gasteiger partial charge in [0.2, 0.25) is 0 Å². The van der Waals surface area contributed by atoms with Crippen LogP contribution in [0.25, 0.3) is 0 Å². The molecule has 1 unspecified atom stereocenters. The molecule has 0 fully saturated rings. The van der Waals surface area contributed by atoms with Crippen molar-refractivity contribution in [3.05, 3.63) is 122 Å². The first-order valence-electron chi connectivity index (χ1n) is 28.7. The van der Waals surface area contributed by atoms with Crippen LogP contribution in [0.1, 0.15) is 245 Å². The van der Waals surface area contributed by atoms with E-state index in [0.29, 0.717) is 19.3 Å². The zero-order chi connectivity index (χ0) is 50.7. The molecule has 0 bridgehead atoms. The Bertz CT molecular complexity index is 1490. The SMILES string of the molecule is CC\C=C/C=C\C=C/CCCCCCCCCC(=O)OCC(COC(=O)CCCCCCCCCCCC/C=C\C=C/CCCCC)OC(=O)CCCCCCC\C=C/C=C\C=C/C=C\C=C/CCC. The highest BCUT2D eigenvalue weighted by Crippen LogP contribution is 2.15. The molecule has 6 heteroatoms. The zero-order valence-electron chi connectivity index (χ0n) is 45.2. The van der Waals surface area contributed by atoms with Crippen LogP contribution in [-0.4, -0.2) is 37.2 Å². The maximum absolute atomic E-state index is 12.9. The van der Waals surface area contributed by atoms with Gasteiger partial charge in [-0.15, -0.1) is 0 Å². The molecule has 0 aliphatic carbocycles. The lowest BCUT2D eigenvalue weighted by atomic mass is 10.1. The molecular formula is C64H104O6. The molecule has 0 radical (unpaired) electrons. The van der Waals surface area contributed by atoms with Crippen molar-refractivity contribution in [2.75, 3.05) is 13.2 Å². The van der Waals surface area contributed by atoms with Crippen LogP contribution in [0.4, 0.5) is 0 Å². The van der Waals surface area contributed by atoms with Gasteiger partial charge >= 0.3 is 17.9 Å². The quantitative estimate of drug-likeness (QED) is 0.0262. The molecule has 396 valence electrons. The summed E-state index contributed by atoms with van der Waals surface area (Å²) in [6, 6.07) is 0. The predicted octanol–water partition coefficient (Wildman–Crippen LogP) is 19.3. The molecular weight excluding hydrogens is 865 g/mol. The van der Waals surface area contributed by atoms with Gasteiger partial charge in [-0.05, 0) is 83.5 Å². The second-order valence-electron chi connectivity index (χ2n) is 18.7. The summed E-state index contributed by atoms with van der Waals surface area (Å²) in [5.41, 5.74) is 0. The third kappa shape index (κ3) is 54.7. The summed E-state index contributed by atoms with van der Waals surface area (Å²) in [6.07, 6.45) is 78.9. The molecule has 1 atom stereocenters. The minimum absolute atomic E-state index is 0.0973. The molecule has 0 N–H and O–H groups in total. The molecule has 0 rings (SSSR count). The molecule has 70 heavy (non-hydrogen) atoms. The Labute approximate surface area is 431 Å². The van der Waals surface area contributed by atoms with Crippen molar-refractivity contribution in [1.82, 2.24) is 0 Å². The Kier molecular flexibility index (Phi) is 54.0. The van der Waals surface area contributed by atoms with Gasteiger partial charge < -0.3 is 14.2 Å². The van der Waals surface area contributed by atoms with Crippen molar-refractivity contribution in [3.8, 4) is 0 Å². The van der Waals surface area contributed by atoms with E-state index in [9.17, 15) is 14.4 Å². The summed E-state index contributed by atoms with van der Waals surface area (Å²) in [6.45, 7) is 6.36. The normalized spacial score (nSPS) is 13.0. The van der Waals surface area contributed by atoms with Crippen LogP contribution in [0.15, 0.2) is 122 Å². The van der Waals surface area contributed by atoms with Crippen LogP contribution in [0.2, 0.25) is 0 Å². The molecule has 0 spiro atoms. The second-order valence-corrected chi connectivity index (χ2v) is 18.7. The highest BCUT2D eigenvalue weighted by Gasteiger charge is 2.19. The van der Waals surface area contributed by atoms with Gasteiger partial charge in [-0.1, -0.05) is 264 Å². The van der Waals surface area contributed by atoms with Gasteiger partial charge in [0, 0.05) is 19.3 Å². The Morgan fingerprint density at radius 3 is 0.943 bits per heavy atom. The monoisotopic (exact) mass is 969 g/mol. The van der Waals surface area contributed by atoms with Crippen LogP contribution in [0.5, 0.6) is 0 Å². The molecule has 0 aromatic rings. The minimum atomic E-state index is -0.802. The van der Waals surface area contributed by atoms with Crippen LogP contribution < -0.4 is 0 Å². The van der Waals surface area contributed by atoms with Crippen LogP contribution in [0.3, 0.4) is 0 Å². The highest BCUT2D eigenvalue weighted by molar-refractivity contribution is 5.71. The average Bonchev–Trinajstić information content (AvgIpc) is 3.36. The lowest BCUT2D eigenvalue weighted by Gasteiger charge is -2.18. The van der Waals surface area contributed by atoms with E-state index in [4.69, 9.17) is 14.2 Å². The predicted molar refractivity (Wildman–Crippen MR) is 302 cm³/mol. The molecule has 0 aromatic carbocycles. The number of hydrogen-bond donors (Lipinski definition) is 0. The number of ether oxygens (including phenoxy) is 3. The second kappa shape index (κ2) is 57.4. The summed E-state index contributed by atoms with van der Waals surface area (Å²) >= 11 is 0. The van der Waals surface area contributed by atoms with Crippen molar-refractivity contribution >= 4 is 17.9 Å². The summed E-state index contributed by atoms with van der Waals surface area (Å²) in [7, 11) is 0. The number of rotatable bonds is 50. The Morgan fingerprint density at radius 1 is 0.300 bits per heavy atom. The van der Waals surface area contributed by atoms with Crippen LogP contribution in [-0.2, 0) is 28.6 Å². The van der Waals surface area contributed by atoms with E-state index in [1.165, 1.54) is 109 Å². The van der Waals surface area contributed by atoms with E-state index in [1.807, 2.05) is 24.3 Å². The standard InChI is InChI=1S/C64H104O6/c1-4-7-10-13-16-19-22-25-28-30-32-34-36-39-42-45-48-51-54-57-63(66)69-60-61(59-68-62(65)56-53-50-47-44-41-38-35-27-24-21-18-15-12-9-6-3)70-64(67)58-55-52-49-46-43-40-37-33-31-29-26-23-20-17-14-11-8-5-2/h9,11-12,14-26,29,31,33,37,61H,4-8,10,13,27-28,30,32,34-36,38-60H2,1-3H3/b12-9-,14-11-,18-15-,19-16-,20-17-,24-21-,25-22-,26-23-,31-29-,37-33-. The molecule has 0 aromatic heterocycles. The zero-order valence-corrected chi connectivity index (χ0v) is 45.2. The first kappa shape index (κ1) is 65.8. The topological polar surface area (TPSA) is 78.9 Å². The maximum atomic E-state index is 12.9. The molecule has 0 saturated carbocycles. The number of esters is 3. The van der Waals surface area contributed by atoms with E-state index in [0.717, 1.165) is 96.3 Å². The van der Waals surface area contributed by atoms with Gasteiger partial charge in [0.05, 0.1) is 0 Å². The average molecular weight is 970 g/mol. The van der Waals surface area contributed by atoms with E-state index in [1.54, 1.807) is 0 Å². The van der Waals surface area contributed by atoms with Gasteiger partial charge in [0.15, 0.2) is 6.10 Å². The Balaban J connectivity index is 4.47. The number of carbonyl (C=O) groups excluding carboxylic acids is 3. The van der Waals surface area contributed by atoms with E-state index in [2.05, 4.69) is 118 Å². The fourth-order valence-corrected chi connectivity index (χ4v) is 7.58. The summed E-state index contributed by atoms with van der Waals surface area (Å²) < 4.78 is 16.8. The molecule has 6 nitrogen and oxygen atoms in total. The van der Waals surface area contributed by atoms with Crippen molar-refractivity contribution in [1.29, 1.82) is 0 Å².